The van der Waals surface area contributed by atoms with E-state index in [1.165, 1.54) is 10.5 Å². The molecule has 0 fully saturated rings. The van der Waals surface area contributed by atoms with Gasteiger partial charge in [0.2, 0.25) is 10.0 Å². The average molecular weight is 465 g/mol. The van der Waals surface area contributed by atoms with E-state index in [0.29, 0.717) is 17.5 Å². The Hall–Kier alpha value is -3.36. The summed E-state index contributed by atoms with van der Waals surface area (Å²) in [4.78, 5) is 16.8. The fourth-order valence-corrected chi connectivity index (χ4v) is 5.52. The monoisotopic (exact) mass is 464 g/mol. The van der Waals surface area contributed by atoms with Gasteiger partial charge in [0.1, 0.15) is 0 Å². The Labute approximate surface area is 195 Å². The van der Waals surface area contributed by atoms with E-state index >= 15 is 0 Å². The lowest BCUT2D eigenvalue weighted by Crippen LogP contribution is -2.41. The number of sulfonamides is 1. The van der Waals surface area contributed by atoms with Crippen LogP contribution in [0, 0.1) is 20.8 Å². The number of pyridine rings is 1. The molecule has 0 atom stereocenters. The molecule has 3 rings (SSSR count). The Bertz CT molecular complexity index is 1200. The average Bonchev–Trinajstić information content (AvgIpc) is 2.77. The molecule has 172 valence electrons. The molecule has 0 unspecified atom stereocenters. The minimum Gasteiger partial charge on any atom is -0.272 e. The Kier molecular flexibility index (Phi) is 8.08. The maximum Gasteiger partial charge on any atom is 0.255 e. The fourth-order valence-electron chi connectivity index (χ4n) is 3.71. The van der Waals surface area contributed by atoms with Crippen molar-refractivity contribution in [3.63, 3.8) is 0 Å². The van der Waals surface area contributed by atoms with Gasteiger partial charge in [-0.3, -0.25) is 9.78 Å². The first-order valence-corrected chi connectivity index (χ1v) is 12.1. The van der Waals surface area contributed by atoms with Gasteiger partial charge >= 0.3 is 0 Å². The molecule has 2 aromatic carbocycles. The largest absolute Gasteiger partial charge is 0.272 e. The molecule has 1 N–H and O–H groups in total. The van der Waals surface area contributed by atoms with Crippen LogP contribution in [-0.2, 0) is 21.2 Å². The van der Waals surface area contributed by atoms with Crippen LogP contribution in [0.3, 0.4) is 0 Å². The van der Waals surface area contributed by atoms with Crippen molar-refractivity contribution in [1.82, 2.24) is 14.7 Å². The van der Waals surface area contributed by atoms with Gasteiger partial charge in [-0.1, -0.05) is 54.1 Å². The first-order valence-electron chi connectivity index (χ1n) is 10.6. The Morgan fingerprint density at radius 2 is 1.76 bits per heavy atom. The molecule has 0 spiro atoms. The predicted molar refractivity (Wildman–Crippen MR) is 130 cm³/mol. The van der Waals surface area contributed by atoms with Crippen LogP contribution in [0.25, 0.3) is 0 Å². The number of nitrogens with one attached hydrogen (secondary N) is 1. The molecule has 0 aliphatic carbocycles. The first kappa shape index (κ1) is 24.3. The zero-order valence-electron chi connectivity index (χ0n) is 19.0. The number of hydrogen-bond donors (Lipinski definition) is 1. The summed E-state index contributed by atoms with van der Waals surface area (Å²) in [6.07, 6.45) is 5.19. The maximum absolute atomic E-state index is 13.6. The summed E-state index contributed by atoms with van der Waals surface area (Å²) in [5.74, 6) is -0.519. The van der Waals surface area contributed by atoms with Gasteiger partial charge in [-0.25, -0.2) is 13.8 Å². The quantitative estimate of drug-likeness (QED) is 0.388. The summed E-state index contributed by atoms with van der Waals surface area (Å²) in [6.45, 7) is 5.31. The number of carbonyl (C=O) groups is 1. The molecule has 0 aliphatic heterocycles. The first-order chi connectivity index (χ1) is 15.8. The molecule has 8 heteroatoms. The molecule has 0 bridgehead atoms. The van der Waals surface area contributed by atoms with Gasteiger partial charge in [0.05, 0.1) is 17.7 Å². The van der Waals surface area contributed by atoms with Crippen LogP contribution in [0.2, 0.25) is 0 Å². The molecule has 7 nitrogen and oxygen atoms in total. The van der Waals surface area contributed by atoms with E-state index in [0.717, 1.165) is 16.7 Å². The fraction of sp³-hybridized carbons (Fsp3) is 0.240. The van der Waals surface area contributed by atoms with E-state index in [9.17, 15) is 13.2 Å². The van der Waals surface area contributed by atoms with Gasteiger partial charge in [0, 0.05) is 24.5 Å². The van der Waals surface area contributed by atoms with Crippen molar-refractivity contribution in [3.05, 3.63) is 94.8 Å². The van der Waals surface area contributed by atoms with E-state index in [1.54, 1.807) is 38.4 Å². The number of aromatic nitrogens is 1. The normalized spacial score (nSPS) is 11.8. The van der Waals surface area contributed by atoms with Gasteiger partial charge in [-0.2, -0.15) is 9.41 Å². The third-order valence-corrected chi connectivity index (χ3v) is 7.25. The SMILES string of the molecule is Cc1cc(C)c(S(=O)(=O)N(CCc2ccccc2)CC(=O)NN=Cc2cccnc2)c(C)c1. The van der Waals surface area contributed by atoms with Crippen LogP contribution in [0.1, 0.15) is 27.8 Å². The summed E-state index contributed by atoms with van der Waals surface area (Å²) < 4.78 is 28.5. The Morgan fingerprint density at radius 1 is 1.06 bits per heavy atom. The number of hydrazone groups is 1. The summed E-state index contributed by atoms with van der Waals surface area (Å²) in [5, 5.41) is 3.93. The number of benzene rings is 2. The van der Waals surface area contributed by atoms with Gasteiger partial charge in [-0.15, -0.1) is 0 Å². The van der Waals surface area contributed by atoms with E-state index in [4.69, 9.17) is 0 Å². The predicted octanol–water partition coefficient (Wildman–Crippen LogP) is 3.39. The summed E-state index contributed by atoms with van der Waals surface area (Å²) in [6, 6.07) is 16.8. The molecule has 1 aromatic heterocycles. The van der Waals surface area contributed by atoms with Gasteiger partial charge in [-0.05, 0) is 49.9 Å². The second kappa shape index (κ2) is 11.0. The Morgan fingerprint density at radius 3 is 2.39 bits per heavy atom. The van der Waals surface area contributed by atoms with Crippen molar-refractivity contribution in [3.8, 4) is 0 Å². The number of hydrogen-bond acceptors (Lipinski definition) is 5. The molecule has 33 heavy (non-hydrogen) atoms. The highest BCUT2D eigenvalue weighted by Crippen LogP contribution is 2.25. The van der Waals surface area contributed by atoms with E-state index in [2.05, 4.69) is 15.5 Å². The lowest BCUT2D eigenvalue weighted by atomic mass is 10.1. The summed E-state index contributed by atoms with van der Waals surface area (Å²) in [7, 11) is -3.91. The molecule has 0 saturated heterocycles. The van der Waals surface area contributed by atoms with Crippen LogP contribution in [-0.4, -0.2) is 42.9 Å². The molecule has 0 saturated carbocycles. The summed E-state index contributed by atoms with van der Waals surface area (Å²) in [5.41, 5.74) is 6.44. The number of amides is 1. The van der Waals surface area contributed by atoms with Crippen LogP contribution in [0.15, 0.2) is 77.0 Å². The third kappa shape index (κ3) is 6.57. The molecular weight excluding hydrogens is 436 g/mol. The second-order valence-electron chi connectivity index (χ2n) is 7.88. The third-order valence-electron chi connectivity index (χ3n) is 5.10. The minimum absolute atomic E-state index is 0.166. The number of carbonyl (C=O) groups excluding carboxylic acids is 1. The standard InChI is InChI=1S/C25H28N4O3S/c1-19-14-20(2)25(21(3)15-19)33(31,32)29(13-11-22-8-5-4-6-9-22)18-24(30)28-27-17-23-10-7-12-26-16-23/h4-10,12,14-17H,11,13,18H2,1-3H3,(H,28,30). The highest BCUT2D eigenvalue weighted by Gasteiger charge is 2.29. The van der Waals surface area contributed by atoms with Crippen molar-refractivity contribution in [2.24, 2.45) is 5.10 Å². The van der Waals surface area contributed by atoms with Crippen LogP contribution in [0.4, 0.5) is 0 Å². The summed E-state index contributed by atoms with van der Waals surface area (Å²) >= 11 is 0. The molecule has 1 heterocycles. The molecule has 1 amide bonds. The van der Waals surface area contributed by atoms with Crippen molar-refractivity contribution in [2.75, 3.05) is 13.1 Å². The topological polar surface area (TPSA) is 91.7 Å². The number of aryl methyl sites for hydroxylation is 3. The van der Waals surface area contributed by atoms with E-state index in [-0.39, 0.29) is 18.0 Å². The number of rotatable bonds is 9. The molecule has 0 aliphatic rings. The van der Waals surface area contributed by atoms with Crippen molar-refractivity contribution >= 4 is 22.1 Å². The highest BCUT2D eigenvalue weighted by atomic mass is 32.2. The van der Waals surface area contributed by atoms with Gasteiger partial charge in [0.15, 0.2) is 0 Å². The van der Waals surface area contributed by atoms with Crippen LogP contribution >= 0.6 is 0 Å². The Balaban J connectivity index is 1.82. The highest BCUT2D eigenvalue weighted by molar-refractivity contribution is 7.89. The second-order valence-corrected chi connectivity index (χ2v) is 9.76. The maximum atomic E-state index is 13.6. The van der Waals surface area contributed by atoms with Crippen LogP contribution < -0.4 is 5.43 Å². The molecule has 0 radical (unpaired) electrons. The van der Waals surface area contributed by atoms with Crippen molar-refractivity contribution in [1.29, 1.82) is 0 Å². The van der Waals surface area contributed by atoms with Crippen molar-refractivity contribution < 1.29 is 13.2 Å². The molecule has 3 aromatic rings. The van der Waals surface area contributed by atoms with E-state index in [1.807, 2.05) is 49.4 Å². The number of nitrogens with zero attached hydrogens (tertiary/aromatic N) is 3. The molecular formula is C25H28N4O3S. The zero-order chi connectivity index (χ0) is 23.8. The van der Waals surface area contributed by atoms with Crippen LogP contribution in [0.5, 0.6) is 0 Å². The van der Waals surface area contributed by atoms with E-state index < -0.39 is 15.9 Å². The minimum atomic E-state index is -3.91. The van der Waals surface area contributed by atoms with Gasteiger partial charge < -0.3 is 0 Å². The lowest BCUT2D eigenvalue weighted by molar-refractivity contribution is -0.121. The lowest BCUT2D eigenvalue weighted by Gasteiger charge is -2.24. The van der Waals surface area contributed by atoms with Gasteiger partial charge in [0.25, 0.3) is 5.91 Å². The zero-order valence-corrected chi connectivity index (χ0v) is 19.8. The van der Waals surface area contributed by atoms with Crippen molar-refractivity contribution in [2.45, 2.75) is 32.1 Å². The smallest absolute Gasteiger partial charge is 0.255 e.